The number of methoxy groups -OCH3 is 1. The summed E-state index contributed by atoms with van der Waals surface area (Å²) in [5.41, 5.74) is 2.08. The largest absolute Gasteiger partial charge is 0.497 e. The fourth-order valence-electron chi connectivity index (χ4n) is 3.22. The molecular weight excluding hydrogens is 346 g/mol. The van der Waals surface area contributed by atoms with Gasteiger partial charge in [0, 0.05) is 25.2 Å². The lowest BCUT2D eigenvalue weighted by Crippen LogP contribution is -2.37. The smallest absolute Gasteiger partial charge is 0.263 e. The fraction of sp³-hybridized carbons (Fsp3) is 0.421. The summed E-state index contributed by atoms with van der Waals surface area (Å²) in [6.07, 6.45) is 2.51. The lowest BCUT2D eigenvalue weighted by Gasteiger charge is -2.26. The Morgan fingerprint density at radius 3 is 2.96 bits per heavy atom. The maximum atomic E-state index is 5.42. The van der Waals surface area contributed by atoms with E-state index < -0.39 is 0 Å². The van der Waals surface area contributed by atoms with Crippen molar-refractivity contribution in [1.29, 1.82) is 0 Å². The zero-order valence-corrected chi connectivity index (χ0v) is 15.4. The fourth-order valence-corrected chi connectivity index (χ4v) is 3.22. The molecule has 3 aromatic rings. The molecule has 3 heterocycles. The number of morpholine rings is 1. The van der Waals surface area contributed by atoms with Crippen LogP contribution in [0.25, 0.3) is 22.4 Å². The first-order chi connectivity index (χ1) is 13.3. The zero-order chi connectivity index (χ0) is 18.5. The van der Waals surface area contributed by atoms with Crippen LogP contribution in [0.3, 0.4) is 0 Å². The summed E-state index contributed by atoms with van der Waals surface area (Å²) in [6.45, 7) is 5.51. The van der Waals surface area contributed by atoms with E-state index in [0.717, 1.165) is 68.3 Å². The number of nitrogens with zero attached hydrogens (tertiary/aromatic N) is 4. The van der Waals surface area contributed by atoms with Gasteiger partial charge in [0.05, 0.1) is 20.3 Å². The number of hydrogen-bond donors (Lipinski definition) is 1. The highest BCUT2D eigenvalue weighted by Gasteiger charge is 2.17. The van der Waals surface area contributed by atoms with E-state index in [4.69, 9.17) is 14.0 Å². The molecule has 1 aliphatic heterocycles. The minimum Gasteiger partial charge on any atom is -0.497 e. The summed E-state index contributed by atoms with van der Waals surface area (Å²) in [4.78, 5) is 11.0. The average molecular weight is 369 g/mol. The summed E-state index contributed by atoms with van der Waals surface area (Å²) < 4.78 is 16.1. The highest BCUT2D eigenvalue weighted by molar-refractivity contribution is 5.97. The van der Waals surface area contributed by atoms with Crippen molar-refractivity contribution in [2.75, 3.05) is 51.8 Å². The Morgan fingerprint density at radius 1 is 1.22 bits per heavy atom. The van der Waals surface area contributed by atoms with Crippen molar-refractivity contribution < 1.29 is 14.0 Å². The van der Waals surface area contributed by atoms with Gasteiger partial charge in [0.15, 0.2) is 0 Å². The average Bonchev–Trinajstić information content (AvgIpc) is 3.17. The molecule has 0 bridgehead atoms. The third kappa shape index (κ3) is 4.01. The van der Waals surface area contributed by atoms with E-state index in [2.05, 4.69) is 25.3 Å². The Kier molecular flexibility index (Phi) is 5.45. The van der Waals surface area contributed by atoms with Gasteiger partial charge in [-0.3, -0.25) is 4.90 Å². The summed E-state index contributed by atoms with van der Waals surface area (Å²) in [6, 6.07) is 7.71. The standard InChI is InChI=1S/C19H23N5O3/c1-25-15-5-2-4-14(12-15)17-16-18(21-13-22-19(16)27-23-17)20-6-3-7-24-8-10-26-11-9-24/h2,4-5,12-13H,3,6-11H2,1H3,(H,20,21,22). The molecule has 1 aromatic carbocycles. The molecule has 0 saturated carbocycles. The molecule has 8 heteroatoms. The van der Waals surface area contributed by atoms with Crippen LogP contribution in [-0.2, 0) is 4.74 Å². The Bertz CT molecular complexity index is 892. The second-order valence-corrected chi connectivity index (χ2v) is 6.40. The summed E-state index contributed by atoms with van der Waals surface area (Å²) in [7, 11) is 1.64. The van der Waals surface area contributed by atoms with E-state index in [1.807, 2.05) is 24.3 Å². The van der Waals surface area contributed by atoms with Crippen molar-refractivity contribution in [2.45, 2.75) is 6.42 Å². The Labute approximate surface area is 157 Å². The SMILES string of the molecule is COc1cccc(-c2noc3ncnc(NCCCN4CCOCC4)c23)c1. The number of anilines is 1. The summed E-state index contributed by atoms with van der Waals surface area (Å²) in [5, 5.41) is 8.41. The number of aromatic nitrogens is 3. The van der Waals surface area contributed by atoms with E-state index in [9.17, 15) is 0 Å². The Morgan fingerprint density at radius 2 is 2.11 bits per heavy atom. The third-order valence-corrected chi connectivity index (χ3v) is 4.66. The first-order valence-corrected chi connectivity index (χ1v) is 9.14. The molecule has 0 aliphatic carbocycles. The van der Waals surface area contributed by atoms with Crippen LogP contribution in [0.4, 0.5) is 5.82 Å². The van der Waals surface area contributed by atoms with Crippen molar-refractivity contribution in [1.82, 2.24) is 20.0 Å². The Hall–Kier alpha value is -2.71. The third-order valence-electron chi connectivity index (χ3n) is 4.66. The number of fused-ring (bicyclic) bond motifs is 1. The van der Waals surface area contributed by atoms with Gasteiger partial charge in [-0.15, -0.1) is 0 Å². The van der Waals surface area contributed by atoms with Gasteiger partial charge < -0.3 is 19.3 Å². The molecule has 1 fully saturated rings. The second kappa shape index (κ2) is 8.32. The number of nitrogens with one attached hydrogen (secondary N) is 1. The van der Waals surface area contributed by atoms with Crippen LogP contribution in [0.1, 0.15) is 6.42 Å². The molecule has 0 amide bonds. The van der Waals surface area contributed by atoms with Crippen molar-refractivity contribution in [3.05, 3.63) is 30.6 Å². The number of rotatable bonds is 7. The highest BCUT2D eigenvalue weighted by atomic mass is 16.5. The van der Waals surface area contributed by atoms with Gasteiger partial charge in [-0.25, -0.2) is 4.98 Å². The predicted octanol–water partition coefficient (Wildman–Crippen LogP) is 2.43. The molecule has 8 nitrogen and oxygen atoms in total. The van der Waals surface area contributed by atoms with Crippen LogP contribution >= 0.6 is 0 Å². The van der Waals surface area contributed by atoms with Gasteiger partial charge >= 0.3 is 0 Å². The van der Waals surface area contributed by atoms with E-state index in [1.165, 1.54) is 6.33 Å². The monoisotopic (exact) mass is 369 g/mol. The lowest BCUT2D eigenvalue weighted by molar-refractivity contribution is 0.0378. The molecule has 1 saturated heterocycles. The van der Waals surface area contributed by atoms with Gasteiger partial charge in [-0.2, -0.15) is 4.98 Å². The quantitative estimate of drug-likeness (QED) is 0.636. The highest BCUT2D eigenvalue weighted by Crippen LogP contribution is 2.32. The van der Waals surface area contributed by atoms with Crippen LogP contribution in [0.2, 0.25) is 0 Å². The first-order valence-electron chi connectivity index (χ1n) is 9.14. The molecule has 0 atom stereocenters. The molecule has 142 valence electrons. The predicted molar refractivity (Wildman–Crippen MR) is 102 cm³/mol. The van der Waals surface area contributed by atoms with E-state index >= 15 is 0 Å². The number of benzene rings is 1. The second-order valence-electron chi connectivity index (χ2n) is 6.40. The van der Waals surface area contributed by atoms with Crippen molar-refractivity contribution >= 4 is 16.9 Å². The molecule has 0 unspecified atom stereocenters. The number of hydrogen-bond acceptors (Lipinski definition) is 8. The van der Waals surface area contributed by atoms with Gasteiger partial charge in [0.1, 0.15) is 29.0 Å². The molecule has 0 spiro atoms. The summed E-state index contributed by atoms with van der Waals surface area (Å²) in [5.74, 6) is 1.50. The van der Waals surface area contributed by atoms with Gasteiger partial charge in [0.25, 0.3) is 5.71 Å². The molecular formula is C19H23N5O3. The molecule has 2 aromatic heterocycles. The van der Waals surface area contributed by atoms with E-state index in [0.29, 0.717) is 11.4 Å². The van der Waals surface area contributed by atoms with Crippen molar-refractivity contribution in [2.24, 2.45) is 0 Å². The van der Waals surface area contributed by atoms with Crippen molar-refractivity contribution in [3.8, 4) is 17.0 Å². The molecule has 0 radical (unpaired) electrons. The van der Waals surface area contributed by atoms with Gasteiger partial charge in [0.2, 0.25) is 0 Å². The maximum Gasteiger partial charge on any atom is 0.263 e. The van der Waals surface area contributed by atoms with E-state index in [-0.39, 0.29) is 0 Å². The van der Waals surface area contributed by atoms with Crippen LogP contribution in [0.15, 0.2) is 35.1 Å². The topological polar surface area (TPSA) is 85.5 Å². The van der Waals surface area contributed by atoms with Crippen LogP contribution in [0.5, 0.6) is 5.75 Å². The Balaban J connectivity index is 1.50. The minimum absolute atomic E-state index is 0.471. The lowest BCUT2D eigenvalue weighted by atomic mass is 10.1. The zero-order valence-electron chi connectivity index (χ0n) is 15.4. The maximum absolute atomic E-state index is 5.42. The molecule has 4 rings (SSSR count). The molecule has 1 N–H and O–H groups in total. The molecule has 1 aliphatic rings. The van der Waals surface area contributed by atoms with E-state index in [1.54, 1.807) is 7.11 Å². The minimum atomic E-state index is 0.471. The number of ether oxygens (including phenoxy) is 2. The van der Waals surface area contributed by atoms with Crippen molar-refractivity contribution in [3.63, 3.8) is 0 Å². The normalized spacial score (nSPS) is 15.1. The van der Waals surface area contributed by atoms with Crippen LogP contribution in [-0.4, -0.2) is 66.5 Å². The van der Waals surface area contributed by atoms with Gasteiger partial charge in [-0.05, 0) is 25.1 Å². The van der Waals surface area contributed by atoms with Gasteiger partial charge in [-0.1, -0.05) is 17.3 Å². The first kappa shape index (κ1) is 17.7. The molecule has 27 heavy (non-hydrogen) atoms. The van der Waals surface area contributed by atoms with Crippen LogP contribution in [0, 0.1) is 0 Å². The van der Waals surface area contributed by atoms with Crippen LogP contribution < -0.4 is 10.1 Å². The summed E-state index contributed by atoms with van der Waals surface area (Å²) >= 11 is 0.